The van der Waals surface area contributed by atoms with E-state index in [1.165, 1.54) is 17.0 Å². The smallest absolute Gasteiger partial charge is 0.254 e. The fraction of sp³-hybridized carbons (Fsp3) is 0.222. The molecular weight excluding hydrogens is 308 g/mol. The van der Waals surface area contributed by atoms with E-state index >= 15 is 0 Å². The van der Waals surface area contributed by atoms with Crippen LogP contribution in [0.5, 0.6) is 11.5 Å². The number of amides is 1. The molecule has 1 unspecified atom stereocenters. The first-order valence-electron chi connectivity index (χ1n) is 7.53. The molecule has 1 amide bonds. The first-order valence-corrected chi connectivity index (χ1v) is 7.53. The summed E-state index contributed by atoms with van der Waals surface area (Å²) < 4.78 is 0. The van der Waals surface area contributed by atoms with Crippen molar-refractivity contribution in [2.75, 3.05) is 12.8 Å². The molecule has 0 bridgehead atoms. The molecule has 0 saturated carbocycles. The molecule has 24 heavy (non-hydrogen) atoms. The third kappa shape index (κ3) is 3.17. The van der Waals surface area contributed by atoms with E-state index in [2.05, 4.69) is 0 Å². The zero-order chi connectivity index (χ0) is 17.9. The van der Waals surface area contributed by atoms with Crippen molar-refractivity contribution < 1.29 is 19.8 Å². The number of rotatable bonds is 5. The van der Waals surface area contributed by atoms with Gasteiger partial charge >= 0.3 is 0 Å². The molecule has 0 aliphatic heterocycles. The van der Waals surface area contributed by atoms with Gasteiger partial charge in [0.1, 0.15) is 0 Å². The summed E-state index contributed by atoms with van der Waals surface area (Å²) in [5, 5.41) is 19.1. The number of aldehydes is 1. The number of aromatic hydroxyl groups is 2. The van der Waals surface area contributed by atoms with Crippen molar-refractivity contribution in [2.45, 2.75) is 19.4 Å². The molecule has 0 radical (unpaired) electrons. The number of benzene rings is 2. The summed E-state index contributed by atoms with van der Waals surface area (Å²) in [5.74, 6) is -0.810. The fourth-order valence-electron chi connectivity index (χ4n) is 2.71. The van der Waals surface area contributed by atoms with Crippen LogP contribution in [0.15, 0.2) is 36.4 Å². The predicted octanol–water partition coefficient (Wildman–Crippen LogP) is 2.72. The van der Waals surface area contributed by atoms with E-state index < -0.39 is 0 Å². The van der Waals surface area contributed by atoms with Gasteiger partial charge in [0.05, 0.1) is 11.6 Å². The lowest BCUT2D eigenvalue weighted by Gasteiger charge is -2.28. The molecule has 126 valence electrons. The second-order valence-corrected chi connectivity index (χ2v) is 5.51. The Kier molecular flexibility index (Phi) is 5.08. The molecule has 2 aromatic rings. The van der Waals surface area contributed by atoms with E-state index in [-0.39, 0.29) is 40.3 Å². The summed E-state index contributed by atoms with van der Waals surface area (Å²) >= 11 is 0. The molecule has 0 aliphatic rings. The number of nitrogens with zero attached hydrogens (tertiary/aromatic N) is 1. The van der Waals surface area contributed by atoms with E-state index in [0.717, 1.165) is 0 Å². The molecule has 0 saturated heterocycles. The number of hydrogen-bond acceptors (Lipinski definition) is 5. The number of carbonyl (C=O) groups excluding carboxylic acids is 2. The minimum Gasteiger partial charge on any atom is -0.504 e. The highest BCUT2D eigenvalue weighted by Crippen LogP contribution is 2.32. The fourth-order valence-corrected chi connectivity index (χ4v) is 2.71. The van der Waals surface area contributed by atoms with Crippen molar-refractivity contribution >= 4 is 17.9 Å². The van der Waals surface area contributed by atoms with Crippen LogP contribution in [0.3, 0.4) is 0 Å². The molecule has 0 aromatic heterocycles. The van der Waals surface area contributed by atoms with Crippen molar-refractivity contribution in [3.63, 3.8) is 0 Å². The van der Waals surface area contributed by atoms with Gasteiger partial charge in [-0.05, 0) is 36.2 Å². The van der Waals surface area contributed by atoms with Gasteiger partial charge in [0, 0.05) is 18.3 Å². The Morgan fingerprint density at radius 1 is 1.25 bits per heavy atom. The van der Waals surface area contributed by atoms with Crippen LogP contribution in [0.1, 0.15) is 45.7 Å². The highest BCUT2D eigenvalue weighted by atomic mass is 16.3. The van der Waals surface area contributed by atoms with E-state index in [1.807, 2.05) is 6.92 Å². The molecule has 6 nitrogen and oxygen atoms in total. The highest BCUT2D eigenvalue weighted by molar-refractivity contribution is 6.04. The van der Waals surface area contributed by atoms with Crippen LogP contribution in [0.4, 0.5) is 5.69 Å². The predicted molar refractivity (Wildman–Crippen MR) is 91.1 cm³/mol. The Balaban J connectivity index is 2.39. The third-order valence-electron chi connectivity index (χ3n) is 4.05. The van der Waals surface area contributed by atoms with Crippen LogP contribution in [0.2, 0.25) is 0 Å². The maximum Gasteiger partial charge on any atom is 0.254 e. The minimum absolute atomic E-state index is 0.165. The molecule has 0 aliphatic carbocycles. The van der Waals surface area contributed by atoms with Crippen molar-refractivity contribution in [2.24, 2.45) is 0 Å². The SMILES string of the molecule is CCC(c1ccc(O)c(O)c1)N(C)C(=O)c1cccc(N)c1C=O. The van der Waals surface area contributed by atoms with E-state index in [9.17, 15) is 19.8 Å². The molecule has 0 fully saturated rings. The van der Waals surface area contributed by atoms with Crippen LogP contribution in [0, 0.1) is 0 Å². The zero-order valence-electron chi connectivity index (χ0n) is 13.6. The summed E-state index contributed by atoms with van der Waals surface area (Å²) in [4.78, 5) is 25.6. The number of phenolic OH excluding ortho intramolecular Hbond substituents is 2. The average Bonchev–Trinajstić information content (AvgIpc) is 2.57. The van der Waals surface area contributed by atoms with Gasteiger partial charge in [-0.15, -0.1) is 0 Å². The summed E-state index contributed by atoms with van der Waals surface area (Å²) in [6, 6.07) is 8.86. The molecule has 0 spiro atoms. The minimum atomic E-state index is -0.344. The van der Waals surface area contributed by atoms with Crippen molar-refractivity contribution in [3.05, 3.63) is 53.1 Å². The number of carbonyl (C=O) groups is 2. The molecule has 1 atom stereocenters. The zero-order valence-corrected chi connectivity index (χ0v) is 13.6. The monoisotopic (exact) mass is 328 g/mol. The number of nitrogen functional groups attached to an aromatic ring is 1. The third-order valence-corrected chi connectivity index (χ3v) is 4.05. The Bertz CT molecular complexity index is 774. The van der Waals surface area contributed by atoms with Gasteiger partial charge in [0.15, 0.2) is 17.8 Å². The van der Waals surface area contributed by atoms with Gasteiger partial charge in [0.2, 0.25) is 0 Å². The average molecular weight is 328 g/mol. The second kappa shape index (κ2) is 7.04. The first kappa shape index (κ1) is 17.3. The van der Waals surface area contributed by atoms with Gasteiger partial charge in [-0.2, -0.15) is 0 Å². The Labute approximate surface area is 140 Å². The van der Waals surface area contributed by atoms with E-state index in [1.54, 1.807) is 31.3 Å². The standard InChI is InChI=1S/C18H20N2O4/c1-3-15(11-7-8-16(22)17(23)9-11)20(2)18(24)12-5-4-6-14(19)13(12)10-21/h4-10,15,22-23H,3,19H2,1-2H3. The topological polar surface area (TPSA) is 104 Å². The lowest BCUT2D eigenvalue weighted by atomic mass is 10.00. The van der Waals surface area contributed by atoms with E-state index in [4.69, 9.17) is 5.73 Å². The number of anilines is 1. The first-order chi connectivity index (χ1) is 11.4. The van der Waals surface area contributed by atoms with Crippen molar-refractivity contribution in [1.29, 1.82) is 0 Å². The van der Waals surface area contributed by atoms with Crippen LogP contribution in [-0.4, -0.2) is 34.4 Å². The summed E-state index contributed by atoms with van der Waals surface area (Å²) in [7, 11) is 1.62. The summed E-state index contributed by atoms with van der Waals surface area (Å²) in [6.45, 7) is 1.90. The van der Waals surface area contributed by atoms with Gasteiger partial charge in [0.25, 0.3) is 5.91 Å². The number of hydrogen-bond donors (Lipinski definition) is 3. The van der Waals surface area contributed by atoms with Gasteiger partial charge in [-0.3, -0.25) is 9.59 Å². The molecule has 6 heteroatoms. The van der Waals surface area contributed by atoms with Crippen LogP contribution in [-0.2, 0) is 0 Å². The number of nitrogens with two attached hydrogens (primary N) is 1. The molecule has 2 rings (SSSR count). The Morgan fingerprint density at radius 2 is 1.96 bits per heavy atom. The van der Waals surface area contributed by atoms with Crippen LogP contribution < -0.4 is 5.73 Å². The lowest BCUT2D eigenvalue weighted by molar-refractivity contribution is 0.0723. The quantitative estimate of drug-likeness (QED) is 0.445. The van der Waals surface area contributed by atoms with Gasteiger partial charge in [-0.25, -0.2) is 0 Å². The molecule has 2 aromatic carbocycles. The Morgan fingerprint density at radius 3 is 2.54 bits per heavy atom. The van der Waals surface area contributed by atoms with Gasteiger partial charge < -0.3 is 20.8 Å². The van der Waals surface area contributed by atoms with E-state index in [0.29, 0.717) is 18.3 Å². The van der Waals surface area contributed by atoms with Crippen molar-refractivity contribution in [3.8, 4) is 11.5 Å². The highest BCUT2D eigenvalue weighted by Gasteiger charge is 2.24. The molecule has 0 heterocycles. The normalized spacial score (nSPS) is 11.8. The second-order valence-electron chi connectivity index (χ2n) is 5.51. The van der Waals surface area contributed by atoms with Gasteiger partial charge in [-0.1, -0.05) is 19.1 Å². The maximum absolute atomic E-state index is 12.8. The summed E-state index contributed by atoms with van der Waals surface area (Å²) in [5.41, 5.74) is 7.09. The maximum atomic E-state index is 12.8. The van der Waals surface area contributed by atoms with Crippen LogP contribution in [0.25, 0.3) is 0 Å². The van der Waals surface area contributed by atoms with Crippen molar-refractivity contribution in [1.82, 2.24) is 4.90 Å². The molecule has 4 N–H and O–H groups in total. The number of phenols is 2. The largest absolute Gasteiger partial charge is 0.504 e. The summed E-state index contributed by atoms with van der Waals surface area (Å²) in [6.07, 6.45) is 1.16. The van der Waals surface area contributed by atoms with Crippen LogP contribution >= 0.6 is 0 Å². The molecular formula is C18H20N2O4. The lowest BCUT2D eigenvalue weighted by Crippen LogP contribution is -2.31. The Hall–Kier alpha value is -3.02.